The number of piperidine rings is 1. The number of rotatable bonds is 1. The number of carbonyl (C=O) groups is 1. The first kappa shape index (κ1) is 12.7. The van der Waals surface area contributed by atoms with Gasteiger partial charge in [-0.3, -0.25) is 4.79 Å². The number of amides is 1. The maximum atomic E-state index is 13.8. The second-order valence-corrected chi connectivity index (χ2v) is 5.23. The molecule has 1 aliphatic heterocycles. The molecule has 0 radical (unpaired) electrons. The lowest BCUT2D eigenvalue weighted by molar-refractivity contribution is 0.0714. The highest BCUT2D eigenvalue weighted by Gasteiger charge is 2.25. The van der Waals surface area contributed by atoms with E-state index >= 15 is 0 Å². The maximum absolute atomic E-state index is 13.8. The summed E-state index contributed by atoms with van der Waals surface area (Å²) in [6.07, 6.45) is 2.87. The van der Waals surface area contributed by atoms with E-state index in [1.165, 1.54) is 11.0 Å². The molecule has 1 heterocycles. The minimum atomic E-state index is -0.779. The van der Waals surface area contributed by atoms with E-state index in [0.29, 0.717) is 13.1 Å². The molecule has 1 fully saturated rings. The van der Waals surface area contributed by atoms with Gasteiger partial charge in [-0.15, -0.1) is 0 Å². The van der Waals surface area contributed by atoms with Gasteiger partial charge in [-0.2, -0.15) is 0 Å². The van der Waals surface area contributed by atoms with Gasteiger partial charge in [-0.25, -0.2) is 8.78 Å². The number of hydrogen-bond donors (Lipinski definition) is 0. The van der Waals surface area contributed by atoms with Crippen LogP contribution in [0.25, 0.3) is 0 Å². The van der Waals surface area contributed by atoms with Crippen molar-refractivity contribution in [2.75, 3.05) is 13.1 Å². The highest BCUT2D eigenvalue weighted by atomic mass is 127. The van der Waals surface area contributed by atoms with Gasteiger partial charge in [0.2, 0.25) is 0 Å². The van der Waals surface area contributed by atoms with Crippen LogP contribution >= 0.6 is 22.6 Å². The van der Waals surface area contributed by atoms with Gasteiger partial charge in [0.15, 0.2) is 5.82 Å². The SMILES string of the molecule is O=C(c1c(F)ccc(I)c1F)N1CCCCC1. The van der Waals surface area contributed by atoms with E-state index in [-0.39, 0.29) is 3.57 Å². The Balaban J connectivity index is 2.32. The van der Waals surface area contributed by atoms with Crippen molar-refractivity contribution in [3.05, 3.63) is 32.9 Å². The third-order valence-corrected chi connectivity index (χ3v) is 3.73. The summed E-state index contributed by atoms with van der Waals surface area (Å²) in [5, 5.41) is 0. The van der Waals surface area contributed by atoms with Crippen LogP contribution in [0.3, 0.4) is 0 Å². The standard InChI is InChI=1S/C12H12F2INO/c13-8-4-5-9(15)11(14)10(8)12(17)16-6-2-1-3-7-16/h4-5H,1-3,6-7H2. The molecule has 1 saturated heterocycles. The summed E-state index contributed by atoms with van der Waals surface area (Å²) >= 11 is 1.76. The summed E-state index contributed by atoms with van der Waals surface area (Å²) < 4.78 is 27.6. The molecule has 1 aromatic rings. The molecule has 0 unspecified atom stereocenters. The van der Waals surface area contributed by atoms with Crippen LogP contribution in [0.5, 0.6) is 0 Å². The third kappa shape index (κ3) is 2.59. The molecule has 1 aromatic carbocycles. The molecule has 0 saturated carbocycles. The highest BCUT2D eigenvalue weighted by molar-refractivity contribution is 14.1. The van der Waals surface area contributed by atoms with E-state index < -0.39 is 23.1 Å². The fourth-order valence-electron chi connectivity index (χ4n) is 1.98. The zero-order valence-corrected chi connectivity index (χ0v) is 11.3. The van der Waals surface area contributed by atoms with Gasteiger partial charge in [-0.05, 0) is 54.0 Å². The van der Waals surface area contributed by atoms with Crippen molar-refractivity contribution in [3.63, 3.8) is 0 Å². The molecule has 5 heteroatoms. The molecule has 2 nitrogen and oxygen atoms in total. The van der Waals surface area contributed by atoms with Crippen molar-refractivity contribution >= 4 is 28.5 Å². The van der Waals surface area contributed by atoms with Gasteiger partial charge in [-0.1, -0.05) is 0 Å². The summed E-state index contributed by atoms with van der Waals surface area (Å²) in [6.45, 7) is 1.17. The molecule has 1 amide bonds. The Morgan fingerprint density at radius 2 is 1.82 bits per heavy atom. The molecular formula is C12H12F2INO. The molecule has 1 aliphatic rings. The van der Waals surface area contributed by atoms with Crippen LogP contribution in [-0.2, 0) is 0 Å². The molecule has 0 aliphatic carbocycles. The first-order valence-electron chi connectivity index (χ1n) is 5.54. The van der Waals surface area contributed by atoms with E-state index in [2.05, 4.69) is 0 Å². The number of carbonyl (C=O) groups excluding carboxylic acids is 1. The van der Waals surface area contributed by atoms with Crippen molar-refractivity contribution in [2.24, 2.45) is 0 Å². The van der Waals surface area contributed by atoms with Crippen LogP contribution in [0.15, 0.2) is 12.1 Å². The van der Waals surface area contributed by atoms with Crippen LogP contribution in [0.2, 0.25) is 0 Å². The zero-order valence-electron chi connectivity index (χ0n) is 9.18. The molecule has 0 bridgehead atoms. The Hall–Kier alpha value is -0.720. The average Bonchev–Trinajstić information content (AvgIpc) is 2.35. The predicted octanol–water partition coefficient (Wildman–Crippen LogP) is 3.20. The lowest BCUT2D eigenvalue weighted by Crippen LogP contribution is -2.36. The fraction of sp³-hybridized carbons (Fsp3) is 0.417. The van der Waals surface area contributed by atoms with Crippen molar-refractivity contribution in [2.45, 2.75) is 19.3 Å². The van der Waals surface area contributed by atoms with Crippen molar-refractivity contribution < 1.29 is 13.6 Å². The maximum Gasteiger partial charge on any atom is 0.259 e. The quantitative estimate of drug-likeness (QED) is 0.562. The minimum absolute atomic E-state index is 0.268. The van der Waals surface area contributed by atoms with E-state index in [0.717, 1.165) is 25.3 Å². The normalized spacial score (nSPS) is 16.1. The first-order valence-corrected chi connectivity index (χ1v) is 6.62. The topological polar surface area (TPSA) is 20.3 Å². The molecular weight excluding hydrogens is 339 g/mol. The van der Waals surface area contributed by atoms with Gasteiger partial charge in [0.05, 0.1) is 0 Å². The average molecular weight is 351 g/mol. The summed E-state index contributed by atoms with van der Waals surface area (Å²) in [4.78, 5) is 13.6. The summed E-state index contributed by atoms with van der Waals surface area (Å²) in [5.74, 6) is -2.06. The van der Waals surface area contributed by atoms with Gasteiger partial charge in [0.1, 0.15) is 11.4 Å². The monoisotopic (exact) mass is 351 g/mol. The largest absolute Gasteiger partial charge is 0.338 e. The van der Waals surface area contributed by atoms with Crippen LogP contribution in [0.1, 0.15) is 29.6 Å². The zero-order chi connectivity index (χ0) is 12.4. The Labute approximate surface area is 112 Å². The number of likely N-dealkylation sites (tertiary alicyclic amines) is 1. The molecule has 0 aromatic heterocycles. The Morgan fingerprint density at radius 1 is 1.18 bits per heavy atom. The van der Waals surface area contributed by atoms with Crippen molar-refractivity contribution in [1.82, 2.24) is 4.90 Å². The first-order chi connectivity index (χ1) is 8.11. The predicted molar refractivity (Wildman–Crippen MR) is 68.8 cm³/mol. The molecule has 0 N–H and O–H groups in total. The second-order valence-electron chi connectivity index (χ2n) is 4.07. The second kappa shape index (κ2) is 5.29. The molecule has 17 heavy (non-hydrogen) atoms. The Kier molecular flexibility index (Phi) is 3.96. The van der Waals surface area contributed by atoms with Crippen LogP contribution in [0.4, 0.5) is 8.78 Å². The van der Waals surface area contributed by atoms with Crippen LogP contribution in [0, 0.1) is 15.2 Å². The smallest absolute Gasteiger partial charge is 0.259 e. The van der Waals surface area contributed by atoms with Gasteiger partial charge in [0.25, 0.3) is 5.91 Å². The summed E-state index contributed by atoms with van der Waals surface area (Å²) in [7, 11) is 0. The van der Waals surface area contributed by atoms with Gasteiger partial charge >= 0.3 is 0 Å². The van der Waals surface area contributed by atoms with E-state index in [1.54, 1.807) is 22.6 Å². The van der Waals surface area contributed by atoms with Crippen molar-refractivity contribution in [3.8, 4) is 0 Å². The highest BCUT2D eigenvalue weighted by Crippen LogP contribution is 2.21. The van der Waals surface area contributed by atoms with Gasteiger partial charge < -0.3 is 4.90 Å². The van der Waals surface area contributed by atoms with Crippen molar-refractivity contribution in [1.29, 1.82) is 0 Å². The van der Waals surface area contributed by atoms with E-state index in [1.807, 2.05) is 0 Å². The molecule has 0 spiro atoms. The van der Waals surface area contributed by atoms with E-state index in [4.69, 9.17) is 0 Å². The van der Waals surface area contributed by atoms with Crippen LogP contribution < -0.4 is 0 Å². The minimum Gasteiger partial charge on any atom is -0.338 e. The Bertz CT molecular complexity index is 444. The molecule has 2 rings (SSSR count). The Morgan fingerprint density at radius 3 is 2.47 bits per heavy atom. The van der Waals surface area contributed by atoms with Crippen LogP contribution in [-0.4, -0.2) is 23.9 Å². The molecule has 0 atom stereocenters. The van der Waals surface area contributed by atoms with Gasteiger partial charge in [0, 0.05) is 16.7 Å². The lowest BCUT2D eigenvalue weighted by Gasteiger charge is -2.27. The summed E-state index contributed by atoms with van der Waals surface area (Å²) in [6, 6.07) is 2.47. The molecule has 92 valence electrons. The van der Waals surface area contributed by atoms with E-state index in [9.17, 15) is 13.6 Å². The fourth-order valence-corrected chi connectivity index (χ4v) is 2.43. The number of benzene rings is 1. The summed E-state index contributed by atoms with van der Waals surface area (Å²) in [5.41, 5.74) is -0.418. The number of halogens is 3. The third-order valence-electron chi connectivity index (χ3n) is 2.90. The lowest BCUT2D eigenvalue weighted by atomic mass is 10.1. The number of hydrogen-bond acceptors (Lipinski definition) is 1. The number of nitrogens with zero attached hydrogens (tertiary/aromatic N) is 1.